The van der Waals surface area contributed by atoms with Crippen LogP contribution in [0.5, 0.6) is 0 Å². The van der Waals surface area contributed by atoms with Crippen LogP contribution < -0.4 is 0 Å². The van der Waals surface area contributed by atoms with E-state index < -0.39 is 0 Å². The van der Waals surface area contributed by atoms with Gasteiger partial charge in [-0.25, -0.2) is 0 Å². The van der Waals surface area contributed by atoms with Gasteiger partial charge in [-0.05, 0) is 96.7 Å². The van der Waals surface area contributed by atoms with Gasteiger partial charge < -0.3 is 29.7 Å². The van der Waals surface area contributed by atoms with Gasteiger partial charge in [-0.1, -0.05) is 74.7 Å². The first-order valence-electron chi connectivity index (χ1n) is 12.6. The van der Waals surface area contributed by atoms with E-state index in [0.29, 0.717) is 5.41 Å². The molecule has 0 aromatic carbocycles. The Balaban J connectivity index is -0.000000499. The summed E-state index contributed by atoms with van der Waals surface area (Å²) < 4.78 is 0. The van der Waals surface area contributed by atoms with Crippen LogP contribution in [0.15, 0.2) is 0 Å². The van der Waals surface area contributed by atoms with Gasteiger partial charge in [0.05, 0.1) is 0 Å². The van der Waals surface area contributed by atoms with Gasteiger partial charge in [0.25, 0.3) is 0 Å². The molecule has 4 aliphatic carbocycles. The first-order valence-corrected chi connectivity index (χ1v) is 12.6. The molecule has 5 atom stereocenters. The molecule has 5 unspecified atom stereocenters. The zero-order chi connectivity index (χ0) is 19.9. The molecule has 0 aromatic rings. The zero-order valence-electron chi connectivity index (χ0n) is 24.4. The molecule has 0 aliphatic heterocycles. The van der Waals surface area contributed by atoms with Crippen LogP contribution in [0.2, 0.25) is 0 Å². The molecule has 0 saturated heterocycles. The minimum absolute atomic E-state index is 0. The Bertz CT molecular complexity index is 433. The second kappa shape index (κ2) is 15.1. The van der Waals surface area contributed by atoms with Gasteiger partial charge in [-0.3, -0.25) is 0 Å². The second-order valence-corrected chi connectivity index (χ2v) is 12.5. The van der Waals surface area contributed by atoms with Crippen molar-refractivity contribution >= 4 is 0 Å². The molecule has 0 amide bonds. The molecular formula is C31H62Zr. The maximum atomic E-state index is 2.48. The summed E-state index contributed by atoms with van der Waals surface area (Å²) >= 11 is 0. The molecule has 0 nitrogen and oxygen atoms in total. The zero-order valence-corrected chi connectivity index (χ0v) is 26.9. The van der Waals surface area contributed by atoms with E-state index in [9.17, 15) is 0 Å². The summed E-state index contributed by atoms with van der Waals surface area (Å²) in [4.78, 5) is 0. The topological polar surface area (TPSA) is 0 Å². The van der Waals surface area contributed by atoms with Gasteiger partial charge in [-0.2, -0.15) is 0 Å². The number of rotatable bonds is 0. The smallest absolute Gasteiger partial charge is 0.358 e. The van der Waals surface area contributed by atoms with Crippen LogP contribution in [0.3, 0.4) is 0 Å². The van der Waals surface area contributed by atoms with Crippen molar-refractivity contribution in [2.75, 3.05) is 0 Å². The Morgan fingerprint density at radius 3 is 1.31 bits per heavy atom. The van der Waals surface area contributed by atoms with E-state index in [2.05, 4.69) is 55.4 Å². The molecule has 190 valence electrons. The predicted octanol–water partition coefficient (Wildman–Crippen LogP) is 10.3. The van der Waals surface area contributed by atoms with E-state index in [1.807, 2.05) is 0 Å². The van der Waals surface area contributed by atoms with Gasteiger partial charge in [0, 0.05) is 0 Å². The van der Waals surface area contributed by atoms with Gasteiger partial charge in [0.2, 0.25) is 0 Å². The molecule has 1 heteroatoms. The molecule has 4 saturated carbocycles. The summed E-state index contributed by atoms with van der Waals surface area (Å²) in [5.41, 5.74) is 0.556. The fourth-order valence-corrected chi connectivity index (χ4v) is 8.08. The predicted molar refractivity (Wildman–Crippen MR) is 145 cm³/mol. The summed E-state index contributed by atoms with van der Waals surface area (Å²) in [5.74, 6) is 10.2. The third-order valence-corrected chi connectivity index (χ3v) is 10.5. The number of hydrogen-bond acceptors (Lipinski definition) is 0. The summed E-state index contributed by atoms with van der Waals surface area (Å²) in [6.07, 6.45) is 12.4. The molecule has 0 bridgehead atoms. The van der Waals surface area contributed by atoms with Crippen LogP contribution in [0.4, 0.5) is 0 Å². The van der Waals surface area contributed by atoms with Crippen LogP contribution in [0.1, 0.15) is 107 Å². The number of hydrogen-bond donors (Lipinski definition) is 0. The molecule has 0 aromatic heterocycles. The maximum absolute atomic E-state index is 2.48. The van der Waals surface area contributed by atoms with Gasteiger partial charge >= 0.3 is 26.2 Å². The SMILES string of the molecule is CC(C)(C)C1CCC2C3CCCCC3CCC21.CC1C(C)C(C)C(C)C1C.[CH3-].[CH3-].[CH3-].[CH3-].[Zr+4]. The van der Waals surface area contributed by atoms with Gasteiger partial charge in [0.15, 0.2) is 0 Å². The number of fused-ring (bicyclic) bond motifs is 3. The fraction of sp³-hybridized carbons (Fsp3) is 0.871. The molecule has 32 heavy (non-hydrogen) atoms. The Labute approximate surface area is 226 Å². The molecule has 0 radical (unpaired) electrons. The average Bonchev–Trinajstić information content (AvgIpc) is 3.16. The molecule has 0 heterocycles. The monoisotopic (exact) mass is 524 g/mol. The van der Waals surface area contributed by atoms with E-state index in [1.54, 1.807) is 32.1 Å². The van der Waals surface area contributed by atoms with Crippen molar-refractivity contribution in [1.29, 1.82) is 0 Å². The maximum Gasteiger partial charge on any atom is 4.00 e. The largest absolute Gasteiger partial charge is 4.00 e. The third-order valence-electron chi connectivity index (χ3n) is 10.5. The quantitative estimate of drug-likeness (QED) is 0.276. The van der Waals surface area contributed by atoms with Crippen molar-refractivity contribution in [3.8, 4) is 0 Å². The summed E-state index contributed by atoms with van der Waals surface area (Å²) in [6, 6.07) is 0. The van der Waals surface area contributed by atoms with E-state index in [0.717, 1.165) is 59.2 Å². The molecule has 4 rings (SSSR count). The van der Waals surface area contributed by atoms with E-state index in [4.69, 9.17) is 0 Å². The summed E-state index contributed by atoms with van der Waals surface area (Å²) in [6.45, 7) is 19.4. The van der Waals surface area contributed by atoms with Crippen LogP contribution >= 0.6 is 0 Å². The Morgan fingerprint density at radius 2 is 0.875 bits per heavy atom. The van der Waals surface area contributed by atoms with Crippen molar-refractivity contribution in [3.63, 3.8) is 0 Å². The minimum atomic E-state index is 0. The Hall–Kier alpha value is 0.883. The van der Waals surface area contributed by atoms with Crippen molar-refractivity contribution in [2.24, 2.45) is 64.6 Å². The summed E-state index contributed by atoms with van der Waals surface area (Å²) in [7, 11) is 0. The first kappa shape index (κ1) is 37.4. The minimum Gasteiger partial charge on any atom is -0.358 e. The van der Waals surface area contributed by atoms with Crippen molar-refractivity contribution in [2.45, 2.75) is 107 Å². The second-order valence-electron chi connectivity index (χ2n) is 12.5. The van der Waals surface area contributed by atoms with Crippen LogP contribution in [0.25, 0.3) is 0 Å². The van der Waals surface area contributed by atoms with E-state index in [1.165, 1.54) is 19.3 Å². The van der Waals surface area contributed by atoms with Gasteiger partial charge in [-0.15, -0.1) is 0 Å². The van der Waals surface area contributed by atoms with Gasteiger partial charge in [0.1, 0.15) is 0 Å². The van der Waals surface area contributed by atoms with Crippen molar-refractivity contribution in [3.05, 3.63) is 29.7 Å². The van der Waals surface area contributed by atoms with Crippen molar-refractivity contribution < 1.29 is 26.2 Å². The molecule has 0 spiro atoms. The fourth-order valence-electron chi connectivity index (χ4n) is 8.08. The molecule has 4 fully saturated rings. The first-order chi connectivity index (χ1) is 12.6. The Kier molecular flexibility index (Phi) is 17.7. The third kappa shape index (κ3) is 7.69. The summed E-state index contributed by atoms with van der Waals surface area (Å²) in [5, 5.41) is 0. The standard InChI is InChI=1S/C17H30.C10H20.4CH3.Zr/c1-17(2,3)16-11-10-14-13-7-5-4-6-12(13)8-9-15(14)16;1-6-7(2)9(4)10(5)8(6)3;;;;;/h12-16H,4-11H2,1-3H3;6-10H,1-5H3;4*1H3;/q;;4*-1;+4. The van der Waals surface area contributed by atoms with E-state index in [-0.39, 0.29) is 55.9 Å². The van der Waals surface area contributed by atoms with Crippen LogP contribution in [-0.2, 0) is 26.2 Å². The van der Waals surface area contributed by atoms with Crippen molar-refractivity contribution in [1.82, 2.24) is 0 Å². The normalized spacial score (nSPS) is 42.0. The molecule has 0 N–H and O–H groups in total. The van der Waals surface area contributed by atoms with Crippen LogP contribution in [0, 0.1) is 94.3 Å². The molecular weight excluding hydrogens is 464 g/mol. The van der Waals surface area contributed by atoms with Crippen LogP contribution in [-0.4, -0.2) is 0 Å². The Morgan fingerprint density at radius 1 is 0.469 bits per heavy atom. The average molecular weight is 526 g/mol. The van der Waals surface area contributed by atoms with E-state index >= 15 is 0 Å². The molecule has 4 aliphatic rings.